The van der Waals surface area contributed by atoms with Crippen LogP contribution in [0.2, 0.25) is 5.02 Å². The van der Waals surface area contributed by atoms with E-state index in [9.17, 15) is 14.7 Å². The second kappa shape index (κ2) is 10.7. The van der Waals surface area contributed by atoms with Gasteiger partial charge in [-0.3, -0.25) is 9.59 Å². The minimum Gasteiger partial charge on any atom is -0.387 e. The third-order valence-electron chi connectivity index (χ3n) is 6.64. The molecule has 3 atom stereocenters. The molecule has 1 aliphatic heterocycles. The molecule has 2 aromatic rings. The Bertz CT molecular complexity index is 1030. The van der Waals surface area contributed by atoms with Crippen LogP contribution < -0.4 is 16.0 Å². The largest absolute Gasteiger partial charge is 0.387 e. The fourth-order valence-electron chi connectivity index (χ4n) is 4.81. The summed E-state index contributed by atoms with van der Waals surface area (Å²) in [7, 11) is 0. The molecule has 182 valence electrons. The predicted octanol–water partition coefficient (Wildman–Crippen LogP) is 1.57. The number of aliphatic hydroxyl groups is 1. The van der Waals surface area contributed by atoms with E-state index in [2.05, 4.69) is 27.1 Å². The van der Waals surface area contributed by atoms with E-state index in [0.717, 1.165) is 22.6 Å². The Morgan fingerprint density at radius 1 is 1.21 bits per heavy atom. The van der Waals surface area contributed by atoms with Crippen LogP contribution in [0.4, 0.5) is 5.82 Å². The number of hydrogen-bond donors (Lipinski definition) is 3. The highest BCUT2D eigenvalue weighted by atomic mass is 35.5. The van der Waals surface area contributed by atoms with Gasteiger partial charge in [0, 0.05) is 56.3 Å². The zero-order valence-electron chi connectivity index (χ0n) is 19.3. The number of hydrogen-bond acceptors (Lipinski definition) is 7. The van der Waals surface area contributed by atoms with Crippen LogP contribution in [0, 0.1) is 0 Å². The number of halogens is 1. The second-order valence-corrected chi connectivity index (χ2v) is 9.42. The highest BCUT2D eigenvalue weighted by molar-refractivity contribution is 6.30. The molecule has 0 saturated carbocycles. The number of nitrogens with one attached hydrogen (secondary N) is 1. The Morgan fingerprint density at radius 3 is 2.59 bits per heavy atom. The molecule has 1 aromatic heterocycles. The standard InChI is InChI=1S/C24H31ClN6O3/c1-15-12-19(32)22-21(15)23(29-14-28-22)30-8-10-31(11-9-30)24(34)18(13-27-7-6-20(26)33)16-2-4-17(25)5-3-16/h2-5,14-15,18-19,27,32H,6-13H2,1H3,(H2,26,33)/t15-,18+,19-/m1/s1. The van der Waals surface area contributed by atoms with Crippen LogP contribution in [0.5, 0.6) is 0 Å². The van der Waals surface area contributed by atoms with Crippen LogP contribution in [0.15, 0.2) is 30.6 Å². The van der Waals surface area contributed by atoms with Crippen molar-refractivity contribution in [3.8, 4) is 0 Å². The molecule has 0 unspecified atom stereocenters. The Hall–Kier alpha value is -2.75. The van der Waals surface area contributed by atoms with Crippen molar-refractivity contribution in [2.24, 2.45) is 5.73 Å². The molecule has 10 heteroatoms. The van der Waals surface area contributed by atoms with Gasteiger partial charge in [-0.15, -0.1) is 0 Å². The SMILES string of the molecule is C[C@@H]1C[C@@H](O)c2ncnc(N3CCN(C(=O)[C@@H](CNCCC(N)=O)c4ccc(Cl)cc4)CC3)c21. The molecule has 2 aliphatic rings. The number of carbonyl (C=O) groups is 2. The van der Waals surface area contributed by atoms with E-state index in [4.69, 9.17) is 17.3 Å². The normalized spacial score (nSPS) is 20.8. The number of rotatable bonds is 8. The molecule has 0 radical (unpaired) electrons. The van der Waals surface area contributed by atoms with Gasteiger partial charge in [0.1, 0.15) is 12.1 Å². The number of anilines is 1. The average Bonchev–Trinajstić information content (AvgIpc) is 3.13. The molecular weight excluding hydrogens is 456 g/mol. The summed E-state index contributed by atoms with van der Waals surface area (Å²) in [6.07, 6.45) is 1.85. The molecule has 0 spiro atoms. The van der Waals surface area contributed by atoms with Crippen LogP contribution >= 0.6 is 11.6 Å². The lowest BCUT2D eigenvalue weighted by atomic mass is 9.97. The van der Waals surface area contributed by atoms with Gasteiger partial charge in [-0.25, -0.2) is 9.97 Å². The van der Waals surface area contributed by atoms with Gasteiger partial charge >= 0.3 is 0 Å². The summed E-state index contributed by atoms with van der Waals surface area (Å²) in [5.74, 6) is 0.321. The van der Waals surface area contributed by atoms with Gasteiger partial charge in [-0.05, 0) is 30.0 Å². The van der Waals surface area contributed by atoms with E-state index in [1.807, 2.05) is 17.0 Å². The summed E-state index contributed by atoms with van der Waals surface area (Å²) in [6.45, 7) is 5.36. The molecule has 1 saturated heterocycles. The van der Waals surface area contributed by atoms with Crippen molar-refractivity contribution in [2.45, 2.75) is 37.7 Å². The van der Waals surface area contributed by atoms with Crippen molar-refractivity contribution in [2.75, 3.05) is 44.2 Å². The zero-order chi connectivity index (χ0) is 24.2. The summed E-state index contributed by atoms with van der Waals surface area (Å²) < 4.78 is 0. The van der Waals surface area contributed by atoms with Gasteiger partial charge < -0.3 is 26.0 Å². The maximum atomic E-state index is 13.5. The lowest BCUT2D eigenvalue weighted by Gasteiger charge is -2.38. The average molecular weight is 487 g/mol. The van der Waals surface area contributed by atoms with Gasteiger partial charge in [0.25, 0.3) is 0 Å². The van der Waals surface area contributed by atoms with Gasteiger partial charge in [0.2, 0.25) is 11.8 Å². The van der Waals surface area contributed by atoms with Crippen LogP contribution in [-0.4, -0.2) is 71.1 Å². The number of fused-ring (bicyclic) bond motifs is 1. The number of benzene rings is 1. The van der Waals surface area contributed by atoms with Crippen LogP contribution in [-0.2, 0) is 9.59 Å². The molecule has 34 heavy (non-hydrogen) atoms. The molecule has 4 N–H and O–H groups in total. The smallest absolute Gasteiger partial charge is 0.231 e. The molecular formula is C24H31ClN6O3. The fraction of sp³-hybridized carbons (Fsp3) is 0.500. The Kier molecular flexibility index (Phi) is 7.65. The lowest BCUT2D eigenvalue weighted by Crippen LogP contribution is -2.51. The number of amides is 2. The number of primary amides is 1. The molecule has 1 aromatic carbocycles. The third-order valence-corrected chi connectivity index (χ3v) is 6.89. The summed E-state index contributed by atoms with van der Waals surface area (Å²) in [5.41, 5.74) is 7.85. The topological polar surface area (TPSA) is 125 Å². The second-order valence-electron chi connectivity index (χ2n) is 8.99. The molecule has 1 aliphatic carbocycles. The quantitative estimate of drug-likeness (QED) is 0.483. The van der Waals surface area contributed by atoms with E-state index in [1.165, 1.54) is 6.33 Å². The van der Waals surface area contributed by atoms with Gasteiger partial charge in [0.15, 0.2) is 0 Å². The summed E-state index contributed by atoms with van der Waals surface area (Å²) in [4.78, 5) is 37.5. The van der Waals surface area contributed by atoms with Crippen molar-refractivity contribution in [1.82, 2.24) is 20.2 Å². The molecule has 2 heterocycles. The van der Waals surface area contributed by atoms with Gasteiger partial charge in [-0.2, -0.15) is 0 Å². The van der Waals surface area contributed by atoms with Crippen LogP contribution in [0.25, 0.3) is 0 Å². The van der Waals surface area contributed by atoms with E-state index < -0.39 is 12.0 Å². The first-order chi connectivity index (χ1) is 16.3. The first-order valence-electron chi connectivity index (χ1n) is 11.7. The van der Waals surface area contributed by atoms with Gasteiger partial charge in [-0.1, -0.05) is 30.7 Å². The molecule has 0 bridgehead atoms. The summed E-state index contributed by atoms with van der Waals surface area (Å²) in [6, 6.07) is 7.30. The van der Waals surface area contributed by atoms with Crippen molar-refractivity contribution < 1.29 is 14.7 Å². The van der Waals surface area contributed by atoms with Crippen molar-refractivity contribution in [3.05, 3.63) is 52.4 Å². The zero-order valence-corrected chi connectivity index (χ0v) is 20.0. The van der Waals surface area contributed by atoms with Crippen LogP contribution in [0.3, 0.4) is 0 Å². The minimum atomic E-state index is -0.545. The maximum Gasteiger partial charge on any atom is 0.231 e. The van der Waals surface area contributed by atoms with E-state index >= 15 is 0 Å². The Morgan fingerprint density at radius 2 is 1.91 bits per heavy atom. The predicted molar refractivity (Wildman–Crippen MR) is 130 cm³/mol. The number of aliphatic hydroxyl groups excluding tert-OH is 1. The Labute approximate surface area is 204 Å². The maximum absolute atomic E-state index is 13.5. The Balaban J connectivity index is 1.44. The third kappa shape index (κ3) is 5.32. The molecule has 4 rings (SSSR count). The highest BCUT2D eigenvalue weighted by Gasteiger charge is 2.35. The van der Waals surface area contributed by atoms with Crippen LogP contribution in [0.1, 0.15) is 54.5 Å². The van der Waals surface area contributed by atoms with Crippen molar-refractivity contribution in [3.63, 3.8) is 0 Å². The number of piperazine rings is 1. The molecule has 1 fully saturated rings. The van der Waals surface area contributed by atoms with E-state index in [0.29, 0.717) is 50.7 Å². The highest BCUT2D eigenvalue weighted by Crippen LogP contribution is 2.42. The minimum absolute atomic E-state index is 0.0326. The monoisotopic (exact) mass is 486 g/mol. The van der Waals surface area contributed by atoms with Gasteiger partial charge in [0.05, 0.1) is 17.7 Å². The van der Waals surface area contributed by atoms with Crippen molar-refractivity contribution >= 4 is 29.2 Å². The first-order valence-corrected chi connectivity index (χ1v) is 12.0. The number of aromatic nitrogens is 2. The summed E-state index contributed by atoms with van der Waals surface area (Å²) >= 11 is 6.05. The first kappa shape index (κ1) is 24.4. The number of nitrogens with two attached hydrogens (primary N) is 1. The fourth-order valence-corrected chi connectivity index (χ4v) is 4.94. The lowest BCUT2D eigenvalue weighted by molar-refractivity contribution is -0.133. The number of nitrogens with zero attached hydrogens (tertiary/aromatic N) is 4. The summed E-state index contributed by atoms with van der Waals surface area (Å²) in [5, 5.41) is 14.1. The molecule has 2 amide bonds. The van der Waals surface area contributed by atoms with E-state index in [-0.39, 0.29) is 24.2 Å². The van der Waals surface area contributed by atoms with Crippen molar-refractivity contribution in [1.29, 1.82) is 0 Å². The van der Waals surface area contributed by atoms with E-state index in [1.54, 1.807) is 12.1 Å². The number of carbonyl (C=O) groups excluding carboxylic acids is 2. The molecule has 9 nitrogen and oxygen atoms in total.